The molecule has 0 saturated carbocycles. The standard InChI is InChI=1S/C51H59FN2O5Si/c1-5-35(29-37-21-23-45(55)44(52)30-37)22-24-46-47-38(33-59-60(51(2,3)4,40-17-11-7-12-18-40)41-19-13-8-14-20-41)31-42-48(43(47)34-58-46)50(57)54(49(42)56)39-25-27-53(28-26-39)32-36-15-9-6-10-16-36/h6-21,23,29-30,39,42-43,46,48,55H,5,22,24-28,31-34H2,1-4H3/b35-29+/t42-,43+,46-,48-/m1/s1. The molecule has 314 valence electrons. The van der Waals surface area contributed by atoms with E-state index in [-0.39, 0.29) is 40.7 Å². The van der Waals surface area contributed by atoms with Crippen LogP contribution in [0.1, 0.15) is 77.3 Å². The summed E-state index contributed by atoms with van der Waals surface area (Å²) in [5, 5.41) is 11.9. The maximum absolute atomic E-state index is 14.7. The van der Waals surface area contributed by atoms with Gasteiger partial charge in [-0.05, 0) is 88.3 Å². The van der Waals surface area contributed by atoms with Crippen LogP contribution in [0, 0.1) is 23.6 Å². The second-order valence-corrected chi connectivity index (χ2v) is 22.5. The molecule has 7 nitrogen and oxygen atoms in total. The highest BCUT2D eigenvalue weighted by atomic mass is 28.4. The summed E-state index contributed by atoms with van der Waals surface area (Å²) in [7, 11) is -2.93. The number of carbonyl (C=O) groups is 2. The highest BCUT2D eigenvalue weighted by Gasteiger charge is 2.59. The SMILES string of the molecule is CC/C(=C\c1ccc(O)c(F)c1)CC[C@H]1OC[C@H]2C1=C(CO[Si](c1ccccc1)(c1ccccc1)C(C)(C)C)C[C@H]1C(=O)N(C3CCN(Cc4ccccc4)CC3)C(=O)[C@H]12. The fourth-order valence-electron chi connectivity index (χ4n) is 10.6. The van der Waals surface area contributed by atoms with E-state index >= 15 is 0 Å². The van der Waals surface area contributed by atoms with Crippen LogP contribution in [0.25, 0.3) is 6.08 Å². The molecule has 4 aromatic carbocycles. The van der Waals surface area contributed by atoms with Crippen molar-refractivity contribution in [2.45, 2.75) is 89.9 Å². The number of phenolic OH excluding ortho intramolecular Hbond substituents is 1. The Morgan fingerprint density at radius 2 is 1.52 bits per heavy atom. The summed E-state index contributed by atoms with van der Waals surface area (Å²) in [5.41, 5.74) is 5.35. The van der Waals surface area contributed by atoms with Crippen molar-refractivity contribution in [3.63, 3.8) is 0 Å². The van der Waals surface area contributed by atoms with Gasteiger partial charge in [-0.15, -0.1) is 0 Å². The molecular weight excluding hydrogens is 768 g/mol. The molecule has 3 heterocycles. The van der Waals surface area contributed by atoms with E-state index in [9.17, 15) is 19.1 Å². The topological polar surface area (TPSA) is 79.3 Å². The number of likely N-dealkylation sites (tertiary alicyclic amines) is 2. The van der Waals surface area contributed by atoms with Gasteiger partial charge in [-0.1, -0.05) is 136 Å². The number of hydrogen-bond donors (Lipinski definition) is 1. The van der Waals surface area contributed by atoms with E-state index in [1.54, 1.807) is 11.0 Å². The van der Waals surface area contributed by atoms with Crippen molar-refractivity contribution in [3.05, 3.63) is 143 Å². The Hall–Kier alpha value is -4.67. The van der Waals surface area contributed by atoms with Gasteiger partial charge in [-0.3, -0.25) is 19.4 Å². The van der Waals surface area contributed by atoms with E-state index < -0.39 is 26.0 Å². The van der Waals surface area contributed by atoms with Crippen LogP contribution in [0.4, 0.5) is 4.39 Å². The Morgan fingerprint density at radius 3 is 2.12 bits per heavy atom. The molecular formula is C51H59FN2O5Si. The van der Waals surface area contributed by atoms with E-state index in [4.69, 9.17) is 9.16 Å². The lowest BCUT2D eigenvalue weighted by Crippen LogP contribution is -2.66. The minimum Gasteiger partial charge on any atom is -0.505 e. The Balaban J connectivity index is 1.10. The Morgan fingerprint density at radius 1 is 0.883 bits per heavy atom. The first-order valence-electron chi connectivity index (χ1n) is 21.9. The number of imide groups is 1. The van der Waals surface area contributed by atoms with Gasteiger partial charge in [-0.25, -0.2) is 4.39 Å². The number of nitrogens with zero attached hydrogens (tertiary/aromatic N) is 2. The first kappa shape index (κ1) is 42.0. The van der Waals surface area contributed by atoms with Gasteiger partial charge < -0.3 is 14.3 Å². The second kappa shape index (κ2) is 17.7. The summed E-state index contributed by atoms with van der Waals surface area (Å²) in [6.07, 6.45) is 5.97. The number of phenols is 1. The van der Waals surface area contributed by atoms with E-state index in [0.29, 0.717) is 31.6 Å². The fraction of sp³-hybridized carbons (Fsp3) is 0.412. The highest BCUT2D eigenvalue weighted by molar-refractivity contribution is 6.99. The van der Waals surface area contributed by atoms with Gasteiger partial charge in [0, 0.05) is 31.6 Å². The number of carbonyl (C=O) groups excluding carboxylic acids is 2. The normalized spacial score (nSPS) is 23.0. The van der Waals surface area contributed by atoms with Gasteiger partial charge >= 0.3 is 0 Å². The van der Waals surface area contributed by atoms with Crippen LogP contribution in [0.5, 0.6) is 5.75 Å². The number of rotatable bonds is 13. The molecule has 3 fully saturated rings. The number of fused-ring (bicyclic) bond motifs is 3. The highest BCUT2D eigenvalue weighted by Crippen LogP contribution is 2.51. The number of allylic oxidation sites excluding steroid dienone is 1. The molecule has 2 amide bonds. The van der Waals surface area contributed by atoms with Crippen molar-refractivity contribution in [1.82, 2.24) is 9.80 Å². The molecule has 8 rings (SSSR count). The molecule has 9 heteroatoms. The molecule has 3 aliphatic heterocycles. The zero-order valence-electron chi connectivity index (χ0n) is 35.5. The summed E-state index contributed by atoms with van der Waals surface area (Å²) in [6.45, 7) is 12.2. The van der Waals surface area contributed by atoms with Gasteiger partial charge in [0.05, 0.1) is 31.2 Å². The van der Waals surface area contributed by atoms with Crippen molar-refractivity contribution >= 4 is 36.6 Å². The van der Waals surface area contributed by atoms with Crippen molar-refractivity contribution in [3.8, 4) is 5.75 Å². The van der Waals surface area contributed by atoms with E-state index in [2.05, 4.69) is 105 Å². The molecule has 1 N–H and O–H groups in total. The third kappa shape index (κ3) is 8.21. The molecule has 4 aliphatic rings. The summed E-state index contributed by atoms with van der Waals surface area (Å²) < 4.78 is 28.6. The lowest BCUT2D eigenvalue weighted by molar-refractivity contribution is -0.144. The third-order valence-corrected chi connectivity index (χ3v) is 18.6. The number of amides is 2. The molecule has 1 aliphatic carbocycles. The largest absolute Gasteiger partial charge is 0.505 e. The Labute approximate surface area is 356 Å². The molecule has 60 heavy (non-hydrogen) atoms. The smallest absolute Gasteiger partial charge is 0.261 e. The van der Waals surface area contributed by atoms with Crippen LogP contribution < -0.4 is 10.4 Å². The summed E-state index contributed by atoms with van der Waals surface area (Å²) in [4.78, 5) is 33.4. The number of hydrogen-bond acceptors (Lipinski definition) is 6. The van der Waals surface area contributed by atoms with Gasteiger partial charge in [-0.2, -0.15) is 0 Å². The van der Waals surface area contributed by atoms with Crippen molar-refractivity contribution in [1.29, 1.82) is 0 Å². The maximum atomic E-state index is 14.7. The van der Waals surface area contributed by atoms with E-state index in [1.165, 1.54) is 28.1 Å². The van der Waals surface area contributed by atoms with Crippen LogP contribution in [0.2, 0.25) is 5.04 Å². The lowest BCUT2D eigenvalue weighted by Gasteiger charge is -2.44. The lowest BCUT2D eigenvalue weighted by atomic mass is 9.69. The number of ether oxygens (including phenoxy) is 1. The molecule has 0 spiro atoms. The molecule has 4 aromatic rings. The Bertz CT molecular complexity index is 2170. The van der Waals surface area contributed by atoms with Crippen LogP contribution >= 0.6 is 0 Å². The predicted molar refractivity (Wildman–Crippen MR) is 238 cm³/mol. The molecule has 4 atom stereocenters. The minimum atomic E-state index is -2.93. The predicted octanol–water partition coefficient (Wildman–Crippen LogP) is 8.66. The summed E-state index contributed by atoms with van der Waals surface area (Å²) >= 11 is 0. The average Bonchev–Trinajstić information content (AvgIpc) is 3.79. The maximum Gasteiger partial charge on any atom is 0.261 e. The molecule has 3 saturated heterocycles. The van der Waals surface area contributed by atoms with E-state index in [0.717, 1.165) is 62.0 Å². The van der Waals surface area contributed by atoms with E-state index in [1.807, 2.05) is 24.3 Å². The van der Waals surface area contributed by atoms with Gasteiger partial charge in [0.15, 0.2) is 11.6 Å². The first-order chi connectivity index (χ1) is 29.0. The second-order valence-electron chi connectivity index (χ2n) is 18.2. The monoisotopic (exact) mass is 826 g/mol. The number of piperidine rings is 1. The first-order valence-corrected chi connectivity index (χ1v) is 23.8. The Kier molecular flexibility index (Phi) is 12.4. The number of aromatic hydroxyl groups is 1. The molecule has 0 bridgehead atoms. The molecule has 0 unspecified atom stereocenters. The zero-order chi connectivity index (χ0) is 42.0. The number of halogens is 1. The van der Waals surface area contributed by atoms with Crippen LogP contribution in [-0.2, 0) is 25.3 Å². The average molecular weight is 827 g/mol. The van der Waals surface area contributed by atoms with Crippen molar-refractivity contribution in [2.75, 3.05) is 26.3 Å². The zero-order valence-corrected chi connectivity index (χ0v) is 36.5. The van der Waals surface area contributed by atoms with Crippen molar-refractivity contribution in [2.24, 2.45) is 17.8 Å². The quantitative estimate of drug-likeness (QED) is 0.0827. The number of benzene rings is 4. The third-order valence-electron chi connectivity index (χ3n) is 13.6. The van der Waals surface area contributed by atoms with Crippen LogP contribution in [-0.4, -0.2) is 73.5 Å². The fourth-order valence-corrected chi connectivity index (χ4v) is 15.2. The van der Waals surface area contributed by atoms with Gasteiger partial charge in [0.25, 0.3) is 8.32 Å². The van der Waals surface area contributed by atoms with Gasteiger partial charge in [0.1, 0.15) is 0 Å². The van der Waals surface area contributed by atoms with Crippen LogP contribution in [0.15, 0.2) is 126 Å². The minimum absolute atomic E-state index is 0.0331. The molecule has 0 radical (unpaired) electrons. The summed E-state index contributed by atoms with van der Waals surface area (Å²) in [6, 6.07) is 36.1. The van der Waals surface area contributed by atoms with Crippen LogP contribution in [0.3, 0.4) is 0 Å². The van der Waals surface area contributed by atoms with Crippen molar-refractivity contribution < 1.29 is 28.2 Å². The molecule has 0 aromatic heterocycles. The summed E-state index contributed by atoms with van der Waals surface area (Å²) in [5.74, 6) is -2.16. The van der Waals surface area contributed by atoms with Gasteiger partial charge in [0.2, 0.25) is 11.8 Å².